The predicted molar refractivity (Wildman–Crippen MR) is 91.7 cm³/mol. The molecule has 1 fully saturated rings. The maximum atomic E-state index is 2.30. The summed E-state index contributed by atoms with van der Waals surface area (Å²) in [6, 6.07) is 0. The molecule has 0 amide bonds. The Morgan fingerprint density at radius 3 is 1.53 bits per heavy atom. The molecule has 0 aromatic rings. The lowest BCUT2D eigenvalue weighted by molar-refractivity contribution is 0.289. The molecule has 0 heteroatoms. The summed E-state index contributed by atoms with van der Waals surface area (Å²) in [4.78, 5) is 0. The Morgan fingerprint density at radius 1 is 0.895 bits per heavy atom. The maximum Gasteiger partial charge on any atom is -0.0396 e. The summed E-state index contributed by atoms with van der Waals surface area (Å²) in [5.74, 6) is 2.97. The average Bonchev–Trinajstić information content (AvgIpc) is 2.30. The lowest BCUT2D eigenvalue weighted by Crippen LogP contribution is -2.09. The van der Waals surface area contributed by atoms with Crippen LogP contribution in [0.2, 0.25) is 0 Å². The molecule has 0 heterocycles. The monoisotopic (exact) mass is 270 g/mol. The highest BCUT2D eigenvalue weighted by molar-refractivity contribution is 4.68. The maximum absolute atomic E-state index is 2.30. The van der Waals surface area contributed by atoms with Gasteiger partial charge in [-0.2, -0.15) is 0 Å². The lowest BCUT2D eigenvalue weighted by atomic mass is 9.82. The Bertz CT molecular complexity index is 140. The molecule has 0 aromatic carbocycles. The topological polar surface area (TPSA) is 0 Å². The lowest BCUT2D eigenvalue weighted by Gasteiger charge is -2.24. The van der Waals surface area contributed by atoms with Crippen LogP contribution >= 0.6 is 0 Å². The highest BCUT2D eigenvalue weighted by Gasteiger charge is 2.15. The second-order valence-electron chi connectivity index (χ2n) is 6.47. The van der Waals surface area contributed by atoms with E-state index < -0.39 is 0 Å². The van der Waals surface area contributed by atoms with Crippen molar-refractivity contribution in [3.05, 3.63) is 0 Å². The summed E-state index contributed by atoms with van der Waals surface area (Å²) < 4.78 is 0. The fourth-order valence-electron chi connectivity index (χ4n) is 2.51. The quantitative estimate of drug-likeness (QED) is 0.469. The summed E-state index contributed by atoms with van der Waals surface area (Å²) >= 11 is 0. The first-order valence-electron chi connectivity index (χ1n) is 9.06. The predicted octanol–water partition coefficient (Wildman–Crippen LogP) is 7.47. The van der Waals surface area contributed by atoms with E-state index in [0.717, 1.165) is 17.8 Å². The van der Waals surface area contributed by atoms with E-state index in [4.69, 9.17) is 0 Å². The van der Waals surface area contributed by atoms with Gasteiger partial charge >= 0.3 is 0 Å². The summed E-state index contributed by atoms with van der Waals surface area (Å²) in [6.45, 7) is 15.7. The first kappa shape index (κ1) is 21.3. The minimum Gasteiger partial charge on any atom is -0.0656 e. The van der Waals surface area contributed by atoms with Crippen molar-refractivity contribution in [3.8, 4) is 0 Å². The van der Waals surface area contributed by atoms with Gasteiger partial charge in [0.15, 0.2) is 0 Å². The molecule has 0 nitrogen and oxygen atoms in total. The molecule has 0 atom stereocenters. The third-order valence-corrected chi connectivity index (χ3v) is 4.18. The molecule has 0 radical (unpaired) electrons. The molecule has 0 spiro atoms. The van der Waals surface area contributed by atoms with Gasteiger partial charge in [0.2, 0.25) is 0 Å². The van der Waals surface area contributed by atoms with Gasteiger partial charge in [-0.05, 0) is 17.8 Å². The van der Waals surface area contributed by atoms with Gasteiger partial charge in [-0.1, -0.05) is 106 Å². The third-order valence-electron chi connectivity index (χ3n) is 4.18. The zero-order valence-electron chi connectivity index (χ0n) is 15.1. The molecule has 1 saturated carbocycles. The first-order chi connectivity index (χ1) is 9.06. The Hall–Kier alpha value is 0. The largest absolute Gasteiger partial charge is 0.0656 e. The Morgan fingerprint density at radius 2 is 1.37 bits per heavy atom. The highest BCUT2D eigenvalue weighted by Crippen LogP contribution is 2.30. The van der Waals surface area contributed by atoms with Crippen LogP contribution in [0.3, 0.4) is 0 Å². The van der Waals surface area contributed by atoms with Crippen LogP contribution in [-0.4, -0.2) is 0 Å². The molecular weight excluding hydrogens is 228 g/mol. The summed E-state index contributed by atoms with van der Waals surface area (Å²) in [6.07, 6.45) is 12.9. The fraction of sp³-hybridized carbons (Fsp3) is 1.00. The standard InChI is InChI=1S/C8H16.C8H18.C3H8/c1-2-3-5-8-6-4-7-8;1-5-8(6-2)7(3)4;1-3-2/h8H,2-7H2,1H3;7-8H,5-6H2,1-4H3;3H2,1-2H3. The van der Waals surface area contributed by atoms with Crippen molar-refractivity contribution >= 4 is 0 Å². The van der Waals surface area contributed by atoms with Gasteiger partial charge in [-0.25, -0.2) is 0 Å². The Labute approximate surface area is 124 Å². The zero-order valence-corrected chi connectivity index (χ0v) is 15.1. The van der Waals surface area contributed by atoms with Gasteiger partial charge in [-0.3, -0.25) is 0 Å². The second kappa shape index (κ2) is 16.1. The van der Waals surface area contributed by atoms with Gasteiger partial charge in [0, 0.05) is 0 Å². The summed E-state index contributed by atoms with van der Waals surface area (Å²) in [5.41, 5.74) is 0. The van der Waals surface area contributed by atoms with Crippen molar-refractivity contribution < 1.29 is 0 Å². The minimum absolute atomic E-state index is 0.880. The van der Waals surface area contributed by atoms with Gasteiger partial charge in [0.25, 0.3) is 0 Å². The molecule has 118 valence electrons. The van der Waals surface area contributed by atoms with E-state index in [2.05, 4.69) is 48.5 Å². The molecular formula is C19H42. The van der Waals surface area contributed by atoms with Crippen molar-refractivity contribution in [1.29, 1.82) is 0 Å². The molecule has 1 aliphatic rings. The molecule has 0 aromatic heterocycles. The number of hydrogen-bond acceptors (Lipinski definition) is 0. The van der Waals surface area contributed by atoms with E-state index in [0.29, 0.717) is 0 Å². The number of rotatable bonds is 6. The second-order valence-corrected chi connectivity index (χ2v) is 6.47. The normalized spacial score (nSPS) is 14.4. The van der Waals surface area contributed by atoms with Crippen LogP contribution in [0.4, 0.5) is 0 Å². The van der Waals surface area contributed by atoms with Crippen LogP contribution in [0.1, 0.15) is 106 Å². The van der Waals surface area contributed by atoms with E-state index in [9.17, 15) is 0 Å². The van der Waals surface area contributed by atoms with Crippen molar-refractivity contribution in [2.24, 2.45) is 17.8 Å². The van der Waals surface area contributed by atoms with Gasteiger partial charge in [0.1, 0.15) is 0 Å². The molecule has 0 bridgehead atoms. The molecule has 0 saturated heterocycles. The molecule has 1 rings (SSSR count). The van der Waals surface area contributed by atoms with E-state index in [-0.39, 0.29) is 0 Å². The van der Waals surface area contributed by atoms with Crippen LogP contribution < -0.4 is 0 Å². The fourth-order valence-corrected chi connectivity index (χ4v) is 2.51. The average molecular weight is 271 g/mol. The highest BCUT2D eigenvalue weighted by atomic mass is 14.2. The Balaban J connectivity index is 0. The van der Waals surface area contributed by atoms with E-state index >= 15 is 0 Å². The van der Waals surface area contributed by atoms with Gasteiger partial charge in [0.05, 0.1) is 0 Å². The number of unbranched alkanes of at least 4 members (excludes halogenated alkanes) is 1. The van der Waals surface area contributed by atoms with Crippen LogP contribution in [-0.2, 0) is 0 Å². The van der Waals surface area contributed by atoms with Gasteiger partial charge < -0.3 is 0 Å². The van der Waals surface area contributed by atoms with Crippen LogP contribution in [0.5, 0.6) is 0 Å². The van der Waals surface area contributed by atoms with E-state index in [1.54, 1.807) is 0 Å². The molecule has 0 aliphatic heterocycles. The summed E-state index contributed by atoms with van der Waals surface area (Å²) in [5, 5.41) is 0. The molecule has 0 N–H and O–H groups in total. The van der Waals surface area contributed by atoms with Crippen molar-refractivity contribution in [2.45, 2.75) is 106 Å². The van der Waals surface area contributed by atoms with E-state index in [1.807, 2.05) is 0 Å². The smallest absolute Gasteiger partial charge is 0.0396 e. The molecule has 0 unspecified atom stereocenters. The Kier molecular flexibility index (Phi) is 18.0. The van der Waals surface area contributed by atoms with Gasteiger partial charge in [-0.15, -0.1) is 0 Å². The third kappa shape index (κ3) is 14.2. The zero-order chi connectivity index (χ0) is 15.1. The minimum atomic E-state index is 0.880. The molecule has 1 aliphatic carbocycles. The van der Waals surface area contributed by atoms with Crippen molar-refractivity contribution in [2.75, 3.05) is 0 Å². The van der Waals surface area contributed by atoms with Crippen LogP contribution in [0.15, 0.2) is 0 Å². The molecule has 19 heavy (non-hydrogen) atoms. The van der Waals surface area contributed by atoms with Crippen LogP contribution in [0, 0.1) is 17.8 Å². The van der Waals surface area contributed by atoms with Crippen LogP contribution in [0.25, 0.3) is 0 Å². The van der Waals surface area contributed by atoms with Crippen molar-refractivity contribution in [3.63, 3.8) is 0 Å². The first-order valence-corrected chi connectivity index (χ1v) is 9.06. The van der Waals surface area contributed by atoms with Crippen molar-refractivity contribution in [1.82, 2.24) is 0 Å². The van der Waals surface area contributed by atoms with E-state index in [1.165, 1.54) is 57.8 Å². The SMILES string of the molecule is CCC.CCC(CC)C(C)C.CCCCC1CCC1. The summed E-state index contributed by atoms with van der Waals surface area (Å²) in [7, 11) is 0. The number of hydrogen-bond donors (Lipinski definition) is 0.